The molecule has 1 aliphatic rings. The van der Waals surface area contributed by atoms with Crippen LogP contribution in [0.25, 0.3) is 11.5 Å². The molecule has 1 amide bonds. The van der Waals surface area contributed by atoms with Crippen LogP contribution in [0.15, 0.2) is 53.1 Å². The number of nitrogens with one attached hydrogen (secondary N) is 1. The number of hydrogen-bond acceptors (Lipinski definition) is 3. The molecule has 22 heavy (non-hydrogen) atoms. The normalized spacial score (nSPS) is 16.8. The van der Waals surface area contributed by atoms with E-state index in [-0.39, 0.29) is 5.91 Å². The fourth-order valence-corrected chi connectivity index (χ4v) is 2.94. The zero-order valence-corrected chi connectivity index (χ0v) is 12.1. The van der Waals surface area contributed by atoms with E-state index >= 15 is 0 Å². The predicted molar refractivity (Wildman–Crippen MR) is 82.8 cm³/mol. The third kappa shape index (κ3) is 1.94. The van der Waals surface area contributed by atoms with Gasteiger partial charge in [0.25, 0.3) is 5.91 Å². The molecule has 4 rings (SSSR count). The van der Waals surface area contributed by atoms with E-state index in [1.54, 1.807) is 23.3 Å². The number of carbonyl (C=O) groups is 1. The number of aromatic amines is 1. The highest BCUT2D eigenvalue weighted by Crippen LogP contribution is 2.36. The predicted octanol–water partition coefficient (Wildman–Crippen LogP) is 3.43. The van der Waals surface area contributed by atoms with Gasteiger partial charge in [-0.1, -0.05) is 25.1 Å². The smallest absolute Gasteiger partial charge is 0.278 e. The maximum absolute atomic E-state index is 12.8. The van der Waals surface area contributed by atoms with Gasteiger partial charge in [0.05, 0.1) is 6.26 Å². The minimum atomic E-state index is -0.0918. The number of fused-ring (bicyclic) bond motifs is 1. The van der Waals surface area contributed by atoms with Crippen molar-refractivity contribution in [2.24, 2.45) is 0 Å². The highest BCUT2D eigenvalue weighted by atomic mass is 16.3. The second-order valence-corrected chi connectivity index (χ2v) is 5.52. The molecule has 0 saturated heterocycles. The molecular formula is C17H15N3O2. The quantitative estimate of drug-likeness (QED) is 0.787. The van der Waals surface area contributed by atoms with E-state index in [1.165, 1.54) is 5.56 Å². The summed E-state index contributed by atoms with van der Waals surface area (Å²) in [5.74, 6) is 0.913. The molecule has 0 radical (unpaired) electrons. The Labute approximate surface area is 127 Å². The Hall–Kier alpha value is -2.82. The maximum atomic E-state index is 12.8. The van der Waals surface area contributed by atoms with E-state index in [1.807, 2.05) is 24.3 Å². The monoisotopic (exact) mass is 293 g/mol. The van der Waals surface area contributed by atoms with Crippen LogP contribution in [-0.2, 0) is 0 Å². The lowest BCUT2D eigenvalue weighted by Crippen LogP contribution is -2.29. The molecular weight excluding hydrogens is 278 g/mol. The van der Waals surface area contributed by atoms with Gasteiger partial charge in [0.15, 0.2) is 11.5 Å². The summed E-state index contributed by atoms with van der Waals surface area (Å²) in [6, 6.07) is 13.4. The molecule has 0 fully saturated rings. The number of anilines is 1. The second-order valence-electron chi connectivity index (χ2n) is 5.52. The van der Waals surface area contributed by atoms with Crippen LogP contribution in [0, 0.1) is 0 Å². The molecule has 0 aliphatic carbocycles. The van der Waals surface area contributed by atoms with E-state index in [2.05, 4.69) is 23.2 Å². The van der Waals surface area contributed by atoms with Gasteiger partial charge < -0.3 is 9.32 Å². The number of aromatic nitrogens is 2. The van der Waals surface area contributed by atoms with E-state index in [4.69, 9.17) is 4.42 Å². The summed E-state index contributed by atoms with van der Waals surface area (Å²) in [6.45, 7) is 2.81. The number of amides is 1. The van der Waals surface area contributed by atoms with Gasteiger partial charge in [-0.05, 0) is 23.8 Å². The van der Waals surface area contributed by atoms with Crippen molar-refractivity contribution in [1.82, 2.24) is 10.2 Å². The molecule has 0 saturated carbocycles. The first-order chi connectivity index (χ1) is 10.7. The third-order valence-electron chi connectivity index (χ3n) is 4.04. The van der Waals surface area contributed by atoms with Crippen molar-refractivity contribution in [1.29, 1.82) is 0 Å². The van der Waals surface area contributed by atoms with Crippen molar-refractivity contribution in [2.45, 2.75) is 12.8 Å². The lowest BCUT2D eigenvalue weighted by Gasteiger charge is -2.15. The SMILES string of the molecule is CC1CN(C(=O)c2cc(-c3ccco3)[nH]n2)c2ccccc21. The van der Waals surface area contributed by atoms with Crippen LogP contribution < -0.4 is 4.90 Å². The summed E-state index contributed by atoms with van der Waals surface area (Å²) in [6.07, 6.45) is 1.59. The fourth-order valence-electron chi connectivity index (χ4n) is 2.94. The highest BCUT2D eigenvalue weighted by molar-refractivity contribution is 6.06. The maximum Gasteiger partial charge on any atom is 0.278 e. The van der Waals surface area contributed by atoms with Crippen LogP contribution in [0.1, 0.15) is 28.9 Å². The first kappa shape index (κ1) is 12.9. The number of nitrogens with zero attached hydrogens (tertiary/aromatic N) is 2. The van der Waals surface area contributed by atoms with Gasteiger partial charge in [0.2, 0.25) is 0 Å². The average molecular weight is 293 g/mol. The number of benzene rings is 1. The largest absolute Gasteiger partial charge is 0.463 e. The number of carbonyl (C=O) groups excluding carboxylic acids is 1. The molecule has 0 bridgehead atoms. The molecule has 1 aromatic carbocycles. The van der Waals surface area contributed by atoms with Crippen molar-refractivity contribution >= 4 is 11.6 Å². The topological polar surface area (TPSA) is 62.1 Å². The summed E-state index contributed by atoms with van der Waals surface area (Å²) in [5.41, 5.74) is 3.28. The molecule has 0 spiro atoms. The van der Waals surface area contributed by atoms with Gasteiger partial charge in [0.1, 0.15) is 5.69 Å². The Kier molecular flexibility index (Phi) is 2.85. The Morgan fingerprint density at radius 1 is 1.32 bits per heavy atom. The summed E-state index contributed by atoms with van der Waals surface area (Å²) >= 11 is 0. The molecule has 110 valence electrons. The van der Waals surface area contributed by atoms with E-state index < -0.39 is 0 Å². The minimum absolute atomic E-state index is 0.0918. The summed E-state index contributed by atoms with van der Waals surface area (Å²) < 4.78 is 5.32. The summed E-state index contributed by atoms with van der Waals surface area (Å²) in [7, 11) is 0. The molecule has 5 heteroatoms. The van der Waals surface area contributed by atoms with Gasteiger partial charge in [-0.2, -0.15) is 5.10 Å². The van der Waals surface area contributed by atoms with Crippen LogP contribution in [0.5, 0.6) is 0 Å². The van der Waals surface area contributed by atoms with E-state index in [0.717, 1.165) is 5.69 Å². The van der Waals surface area contributed by atoms with Crippen LogP contribution in [0.3, 0.4) is 0 Å². The molecule has 3 aromatic rings. The number of hydrogen-bond donors (Lipinski definition) is 1. The number of para-hydroxylation sites is 1. The molecule has 1 aliphatic heterocycles. The van der Waals surface area contributed by atoms with E-state index in [0.29, 0.717) is 29.6 Å². The highest BCUT2D eigenvalue weighted by Gasteiger charge is 2.31. The van der Waals surface area contributed by atoms with Gasteiger partial charge in [0, 0.05) is 24.2 Å². The van der Waals surface area contributed by atoms with Gasteiger partial charge >= 0.3 is 0 Å². The van der Waals surface area contributed by atoms with Crippen molar-refractivity contribution in [3.63, 3.8) is 0 Å². The Morgan fingerprint density at radius 3 is 3.00 bits per heavy atom. The van der Waals surface area contributed by atoms with E-state index in [9.17, 15) is 4.79 Å². The number of H-pyrrole nitrogens is 1. The Bertz CT molecular complexity index is 820. The fraction of sp³-hybridized carbons (Fsp3) is 0.176. The first-order valence-corrected chi connectivity index (χ1v) is 7.24. The number of furan rings is 1. The van der Waals surface area contributed by atoms with Gasteiger partial charge in [-0.15, -0.1) is 0 Å². The molecule has 1 N–H and O–H groups in total. The Morgan fingerprint density at radius 2 is 2.18 bits per heavy atom. The van der Waals surface area contributed by atoms with Crippen molar-refractivity contribution in [3.8, 4) is 11.5 Å². The molecule has 2 aromatic heterocycles. The van der Waals surface area contributed by atoms with Crippen molar-refractivity contribution in [2.75, 3.05) is 11.4 Å². The van der Waals surface area contributed by atoms with Gasteiger partial charge in [-0.25, -0.2) is 0 Å². The van der Waals surface area contributed by atoms with Crippen LogP contribution in [0.4, 0.5) is 5.69 Å². The zero-order chi connectivity index (χ0) is 15.1. The summed E-state index contributed by atoms with van der Waals surface area (Å²) in [5, 5.41) is 6.99. The zero-order valence-electron chi connectivity index (χ0n) is 12.1. The standard InChI is InChI=1S/C17H15N3O2/c1-11-10-20(15-6-3-2-5-12(11)15)17(21)14-9-13(18-19-14)16-7-4-8-22-16/h2-9,11H,10H2,1H3,(H,18,19). The third-order valence-corrected chi connectivity index (χ3v) is 4.04. The van der Waals surface area contributed by atoms with Crippen molar-refractivity contribution < 1.29 is 9.21 Å². The minimum Gasteiger partial charge on any atom is -0.463 e. The lowest BCUT2D eigenvalue weighted by atomic mass is 10.0. The van der Waals surface area contributed by atoms with Crippen LogP contribution >= 0.6 is 0 Å². The molecule has 5 nitrogen and oxygen atoms in total. The lowest BCUT2D eigenvalue weighted by molar-refractivity contribution is 0.0983. The molecule has 1 unspecified atom stereocenters. The van der Waals surface area contributed by atoms with Crippen LogP contribution in [-0.4, -0.2) is 22.6 Å². The first-order valence-electron chi connectivity index (χ1n) is 7.24. The Balaban J connectivity index is 1.66. The second kappa shape index (κ2) is 4.87. The van der Waals surface area contributed by atoms with Crippen LogP contribution in [0.2, 0.25) is 0 Å². The van der Waals surface area contributed by atoms with Crippen molar-refractivity contribution in [3.05, 3.63) is 60.0 Å². The number of rotatable bonds is 2. The molecule has 3 heterocycles. The van der Waals surface area contributed by atoms with Gasteiger partial charge in [-0.3, -0.25) is 9.89 Å². The summed E-state index contributed by atoms with van der Waals surface area (Å²) in [4.78, 5) is 14.5. The molecule has 1 atom stereocenters. The average Bonchev–Trinajstić information content (AvgIpc) is 3.26.